The van der Waals surface area contributed by atoms with Crippen LogP contribution in [0.1, 0.15) is 19.8 Å². The molecule has 3 aliphatic heterocycles. The van der Waals surface area contributed by atoms with Crippen molar-refractivity contribution in [2.75, 3.05) is 13.1 Å². The SMILES string of the molecule is C[C@H](O)[C@H]1NC[C@H]2CC[C@@H]1CN2C(=O)O. The Hall–Kier alpha value is -0.810. The largest absolute Gasteiger partial charge is 0.465 e. The number of hydrogen-bond donors (Lipinski definition) is 3. The number of rotatable bonds is 1. The van der Waals surface area contributed by atoms with Gasteiger partial charge in [0.25, 0.3) is 0 Å². The van der Waals surface area contributed by atoms with Crippen molar-refractivity contribution in [3.63, 3.8) is 0 Å². The van der Waals surface area contributed by atoms with E-state index >= 15 is 0 Å². The van der Waals surface area contributed by atoms with Crippen LogP contribution in [0.25, 0.3) is 0 Å². The summed E-state index contributed by atoms with van der Waals surface area (Å²) >= 11 is 0. The molecule has 1 amide bonds. The van der Waals surface area contributed by atoms with Gasteiger partial charge in [0.15, 0.2) is 0 Å². The fourth-order valence-electron chi connectivity index (χ4n) is 2.80. The van der Waals surface area contributed by atoms with E-state index in [1.807, 2.05) is 0 Å². The van der Waals surface area contributed by atoms with Crippen LogP contribution in [0.3, 0.4) is 0 Å². The van der Waals surface area contributed by atoms with Gasteiger partial charge in [-0.05, 0) is 25.7 Å². The number of aliphatic hydroxyl groups excluding tert-OH is 1. The summed E-state index contributed by atoms with van der Waals surface area (Å²) in [5.41, 5.74) is 0. The first-order chi connectivity index (χ1) is 7.09. The quantitative estimate of drug-likeness (QED) is 0.579. The summed E-state index contributed by atoms with van der Waals surface area (Å²) in [4.78, 5) is 12.5. The minimum absolute atomic E-state index is 0.0411. The molecular formula is C10H18N2O3. The lowest BCUT2D eigenvalue weighted by atomic mass is 9.88. The molecule has 0 aromatic heterocycles. The first-order valence-corrected chi connectivity index (χ1v) is 5.50. The van der Waals surface area contributed by atoms with Gasteiger partial charge in [0.1, 0.15) is 0 Å². The van der Waals surface area contributed by atoms with Crippen molar-refractivity contribution >= 4 is 6.09 Å². The van der Waals surface area contributed by atoms with E-state index in [-0.39, 0.29) is 18.0 Å². The van der Waals surface area contributed by atoms with E-state index in [0.29, 0.717) is 13.1 Å². The Morgan fingerprint density at radius 1 is 1.53 bits per heavy atom. The molecule has 3 rings (SSSR count). The van der Waals surface area contributed by atoms with Crippen molar-refractivity contribution < 1.29 is 15.0 Å². The molecule has 0 aromatic rings. The smallest absolute Gasteiger partial charge is 0.407 e. The van der Waals surface area contributed by atoms with E-state index in [2.05, 4.69) is 5.32 Å². The zero-order valence-corrected chi connectivity index (χ0v) is 8.89. The molecule has 3 N–H and O–H groups in total. The molecule has 3 heterocycles. The van der Waals surface area contributed by atoms with E-state index in [9.17, 15) is 9.90 Å². The minimum Gasteiger partial charge on any atom is -0.465 e. The first-order valence-electron chi connectivity index (χ1n) is 5.50. The minimum atomic E-state index is -0.835. The molecule has 5 nitrogen and oxygen atoms in total. The third-order valence-corrected chi connectivity index (χ3v) is 3.61. The van der Waals surface area contributed by atoms with Crippen LogP contribution in [0.5, 0.6) is 0 Å². The van der Waals surface area contributed by atoms with Crippen LogP contribution in [-0.2, 0) is 0 Å². The lowest BCUT2D eigenvalue weighted by molar-refractivity contribution is 0.0765. The Bertz CT molecular complexity index is 257. The highest BCUT2D eigenvalue weighted by Crippen LogP contribution is 2.29. The lowest BCUT2D eigenvalue weighted by Gasteiger charge is -2.35. The number of piperidine rings is 1. The topological polar surface area (TPSA) is 72.8 Å². The van der Waals surface area contributed by atoms with Crippen LogP contribution < -0.4 is 5.32 Å². The second-order valence-corrected chi connectivity index (χ2v) is 4.60. The number of fused-ring (bicyclic) bond motifs is 4. The van der Waals surface area contributed by atoms with Crippen LogP contribution in [0.4, 0.5) is 4.79 Å². The molecule has 0 aliphatic carbocycles. The van der Waals surface area contributed by atoms with Gasteiger partial charge in [-0.1, -0.05) is 0 Å². The molecule has 2 bridgehead atoms. The van der Waals surface area contributed by atoms with Gasteiger partial charge < -0.3 is 20.4 Å². The van der Waals surface area contributed by atoms with E-state index in [0.717, 1.165) is 12.8 Å². The van der Waals surface area contributed by atoms with Crippen molar-refractivity contribution in [3.8, 4) is 0 Å². The highest BCUT2D eigenvalue weighted by Gasteiger charge is 2.40. The van der Waals surface area contributed by atoms with E-state index < -0.39 is 12.2 Å². The van der Waals surface area contributed by atoms with Crippen molar-refractivity contribution in [1.29, 1.82) is 0 Å². The number of carbonyl (C=O) groups is 1. The lowest BCUT2D eigenvalue weighted by Crippen LogP contribution is -2.47. The fraction of sp³-hybridized carbons (Fsp3) is 0.900. The molecule has 0 aromatic carbocycles. The molecule has 0 spiro atoms. The van der Waals surface area contributed by atoms with Crippen LogP contribution >= 0.6 is 0 Å². The zero-order valence-electron chi connectivity index (χ0n) is 8.89. The molecule has 5 heteroatoms. The van der Waals surface area contributed by atoms with Gasteiger partial charge in [-0.15, -0.1) is 0 Å². The molecular weight excluding hydrogens is 196 g/mol. The molecule has 0 saturated carbocycles. The summed E-state index contributed by atoms with van der Waals surface area (Å²) in [6.45, 7) is 2.99. The molecule has 0 radical (unpaired) electrons. The third kappa shape index (κ3) is 1.94. The van der Waals surface area contributed by atoms with Crippen LogP contribution in [0, 0.1) is 5.92 Å². The second kappa shape index (κ2) is 3.98. The number of amides is 1. The molecule has 4 atom stereocenters. The maximum atomic E-state index is 11.0. The summed E-state index contributed by atoms with van der Waals surface area (Å²) in [7, 11) is 0. The van der Waals surface area contributed by atoms with Crippen LogP contribution in [-0.4, -0.2) is 52.5 Å². The van der Waals surface area contributed by atoms with Gasteiger partial charge >= 0.3 is 6.09 Å². The van der Waals surface area contributed by atoms with Crippen molar-refractivity contribution in [2.24, 2.45) is 5.92 Å². The van der Waals surface area contributed by atoms with Gasteiger partial charge in [0.2, 0.25) is 0 Å². The summed E-state index contributed by atoms with van der Waals surface area (Å²) < 4.78 is 0. The second-order valence-electron chi connectivity index (χ2n) is 4.60. The van der Waals surface area contributed by atoms with Gasteiger partial charge in [-0.2, -0.15) is 0 Å². The summed E-state index contributed by atoms with van der Waals surface area (Å²) in [5, 5.41) is 21.9. The summed E-state index contributed by atoms with van der Waals surface area (Å²) in [5.74, 6) is 0.250. The average molecular weight is 214 g/mol. The standard InChI is InChI=1S/C10H18N2O3/c1-6(13)9-7-2-3-8(4-11-9)12(5-7)10(14)15/h6-9,11,13H,2-5H2,1H3,(H,14,15)/t6-,7+,8+,9+/m0/s1. The summed E-state index contributed by atoms with van der Waals surface area (Å²) in [6, 6.07) is 0.127. The zero-order chi connectivity index (χ0) is 11.0. The van der Waals surface area contributed by atoms with E-state index in [1.165, 1.54) is 4.90 Å². The Labute approximate surface area is 89.1 Å². The van der Waals surface area contributed by atoms with Gasteiger partial charge in [-0.25, -0.2) is 4.79 Å². The Morgan fingerprint density at radius 3 is 2.87 bits per heavy atom. The fourth-order valence-corrected chi connectivity index (χ4v) is 2.80. The number of carboxylic acid groups (broad SMARTS) is 1. The maximum Gasteiger partial charge on any atom is 0.407 e. The molecule has 3 fully saturated rings. The van der Waals surface area contributed by atoms with Gasteiger partial charge in [-0.3, -0.25) is 0 Å². The predicted molar refractivity (Wildman–Crippen MR) is 54.7 cm³/mol. The Kier molecular flexibility index (Phi) is 2.84. The molecule has 86 valence electrons. The number of aliphatic hydroxyl groups is 1. The van der Waals surface area contributed by atoms with Gasteiger partial charge in [0, 0.05) is 25.2 Å². The Balaban J connectivity index is 2.13. The first kappa shape index (κ1) is 10.7. The normalized spacial score (nSPS) is 37.5. The van der Waals surface area contributed by atoms with Crippen LogP contribution in [0.15, 0.2) is 0 Å². The molecule has 3 aliphatic rings. The number of nitrogens with one attached hydrogen (secondary N) is 1. The maximum absolute atomic E-state index is 11.0. The number of hydrogen-bond acceptors (Lipinski definition) is 3. The van der Waals surface area contributed by atoms with Gasteiger partial charge in [0.05, 0.1) is 6.10 Å². The van der Waals surface area contributed by atoms with Crippen molar-refractivity contribution in [1.82, 2.24) is 10.2 Å². The highest BCUT2D eigenvalue weighted by molar-refractivity contribution is 5.65. The predicted octanol–water partition coefficient (Wildman–Crippen LogP) is 0.0976. The average Bonchev–Trinajstić information content (AvgIpc) is 2.47. The Morgan fingerprint density at radius 2 is 2.27 bits per heavy atom. The molecule has 15 heavy (non-hydrogen) atoms. The molecule has 3 saturated heterocycles. The third-order valence-electron chi connectivity index (χ3n) is 3.61. The highest BCUT2D eigenvalue weighted by atomic mass is 16.4. The van der Waals surface area contributed by atoms with E-state index in [4.69, 9.17) is 5.11 Å². The van der Waals surface area contributed by atoms with Crippen molar-refractivity contribution in [2.45, 2.75) is 38.0 Å². The summed E-state index contributed by atoms with van der Waals surface area (Å²) in [6.07, 6.45) is 0.671. The van der Waals surface area contributed by atoms with Crippen molar-refractivity contribution in [3.05, 3.63) is 0 Å². The molecule has 0 unspecified atom stereocenters. The van der Waals surface area contributed by atoms with E-state index in [1.54, 1.807) is 6.92 Å². The number of nitrogens with zero attached hydrogens (tertiary/aromatic N) is 1. The van der Waals surface area contributed by atoms with Crippen LogP contribution in [0.2, 0.25) is 0 Å². The monoisotopic (exact) mass is 214 g/mol.